The first-order valence-electron chi connectivity index (χ1n) is 9.20. The lowest BCUT2D eigenvalue weighted by Crippen LogP contribution is -2.48. The van der Waals surface area contributed by atoms with Gasteiger partial charge in [0, 0.05) is 24.0 Å². The molecule has 1 unspecified atom stereocenters. The highest BCUT2D eigenvalue weighted by atomic mass is 127. The average molecular weight is 479 g/mol. The number of rotatable bonds is 7. The van der Waals surface area contributed by atoms with E-state index in [1.807, 2.05) is 0 Å². The molecular formula is C18H34IN5S. The van der Waals surface area contributed by atoms with E-state index < -0.39 is 0 Å². The lowest BCUT2D eigenvalue weighted by Gasteiger charge is -2.31. The number of halogens is 1. The van der Waals surface area contributed by atoms with Gasteiger partial charge in [-0.3, -0.25) is 4.90 Å². The molecule has 2 heterocycles. The molecule has 0 aromatic carbocycles. The average Bonchev–Trinajstić information content (AvgIpc) is 3.14. The van der Waals surface area contributed by atoms with E-state index in [2.05, 4.69) is 55.1 Å². The molecule has 1 aliphatic heterocycles. The minimum atomic E-state index is 0. The fourth-order valence-electron chi connectivity index (χ4n) is 3.27. The van der Waals surface area contributed by atoms with Crippen molar-refractivity contribution >= 4 is 41.3 Å². The number of nitrogens with one attached hydrogen (secondary N) is 2. The number of guanidine groups is 1. The summed E-state index contributed by atoms with van der Waals surface area (Å²) < 4.78 is 0. The molecule has 0 aliphatic carbocycles. The summed E-state index contributed by atoms with van der Waals surface area (Å²) in [5.74, 6) is 1.55. The maximum absolute atomic E-state index is 4.76. The number of hydrogen-bond donors (Lipinski definition) is 2. The number of nitrogens with zero attached hydrogens (tertiary/aromatic N) is 3. The van der Waals surface area contributed by atoms with Crippen molar-refractivity contribution in [1.82, 2.24) is 20.5 Å². The minimum Gasteiger partial charge on any atom is -0.357 e. The van der Waals surface area contributed by atoms with Gasteiger partial charge >= 0.3 is 0 Å². The summed E-state index contributed by atoms with van der Waals surface area (Å²) in [6.07, 6.45) is 2.67. The van der Waals surface area contributed by atoms with Gasteiger partial charge in [-0.2, -0.15) is 0 Å². The molecule has 0 saturated carbocycles. The van der Waals surface area contributed by atoms with Crippen LogP contribution < -0.4 is 10.6 Å². The summed E-state index contributed by atoms with van der Waals surface area (Å²) in [5, 5.41) is 8.04. The first-order valence-corrected chi connectivity index (χ1v) is 10.0. The zero-order valence-corrected chi connectivity index (χ0v) is 19.4. The molecule has 25 heavy (non-hydrogen) atoms. The van der Waals surface area contributed by atoms with Crippen molar-refractivity contribution in [3.8, 4) is 0 Å². The molecular weight excluding hydrogens is 445 g/mol. The van der Waals surface area contributed by atoms with E-state index in [0.29, 0.717) is 18.5 Å². The molecule has 0 spiro atoms. The van der Waals surface area contributed by atoms with Crippen LogP contribution in [0.15, 0.2) is 4.99 Å². The zero-order valence-electron chi connectivity index (χ0n) is 16.3. The maximum Gasteiger partial charge on any atom is 0.191 e. The van der Waals surface area contributed by atoms with Gasteiger partial charge in [-0.15, -0.1) is 35.3 Å². The van der Waals surface area contributed by atoms with Gasteiger partial charge in [0.2, 0.25) is 0 Å². The largest absolute Gasteiger partial charge is 0.357 e. The van der Waals surface area contributed by atoms with Crippen LogP contribution in [0.1, 0.15) is 49.2 Å². The second-order valence-electron chi connectivity index (χ2n) is 6.87. The minimum absolute atomic E-state index is 0. The fraction of sp³-hybridized carbons (Fsp3) is 0.778. The maximum atomic E-state index is 4.76. The van der Waals surface area contributed by atoms with Gasteiger partial charge in [-0.05, 0) is 52.6 Å². The van der Waals surface area contributed by atoms with E-state index in [1.54, 1.807) is 11.3 Å². The number of aromatic nitrogens is 1. The van der Waals surface area contributed by atoms with E-state index >= 15 is 0 Å². The summed E-state index contributed by atoms with van der Waals surface area (Å²) in [6, 6.07) is 0.573. The van der Waals surface area contributed by atoms with Crippen molar-refractivity contribution in [3.63, 3.8) is 0 Å². The number of thiazole rings is 1. The van der Waals surface area contributed by atoms with Crippen molar-refractivity contribution in [2.45, 2.75) is 60.0 Å². The van der Waals surface area contributed by atoms with Gasteiger partial charge in [0.05, 0.1) is 17.2 Å². The Balaban J connectivity index is 0.00000312. The molecule has 2 rings (SSSR count). The standard InChI is InChI=1S/C18H33N5S.HI/c1-6-19-18(21-12-17-14(4)22-15(5)24-17)20-11-16(13(2)3)23-9-7-8-10-23;/h13,16H,6-12H2,1-5H3,(H2,19,20,21);1H. The van der Waals surface area contributed by atoms with E-state index in [9.17, 15) is 0 Å². The van der Waals surface area contributed by atoms with Crippen LogP contribution in [0.3, 0.4) is 0 Å². The van der Waals surface area contributed by atoms with Crippen LogP contribution in [0.25, 0.3) is 0 Å². The van der Waals surface area contributed by atoms with Crippen LogP contribution >= 0.6 is 35.3 Å². The Morgan fingerprint density at radius 2 is 1.92 bits per heavy atom. The number of aliphatic imine (C=N–C) groups is 1. The zero-order chi connectivity index (χ0) is 17.5. The summed E-state index contributed by atoms with van der Waals surface area (Å²) in [5.41, 5.74) is 1.11. The van der Waals surface area contributed by atoms with Gasteiger partial charge in [0.25, 0.3) is 0 Å². The fourth-order valence-corrected chi connectivity index (χ4v) is 4.14. The highest BCUT2D eigenvalue weighted by molar-refractivity contribution is 14.0. The van der Waals surface area contributed by atoms with Gasteiger partial charge in [0.1, 0.15) is 0 Å². The van der Waals surface area contributed by atoms with Crippen LogP contribution in [-0.4, -0.2) is 48.1 Å². The smallest absolute Gasteiger partial charge is 0.191 e. The van der Waals surface area contributed by atoms with Crippen LogP contribution in [-0.2, 0) is 6.54 Å². The lowest BCUT2D eigenvalue weighted by atomic mass is 10.0. The van der Waals surface area contributed by atoms with Crippen LogP contribution in [0.4, 0.5) is 0 Å². The van der Waals surface area contributed by atoms with Gasteiger partial charge < -0.3 is 10.6 Å². The third kappa shape index (κ3) is 7.02. The molecule has 1 atom stereocenters. The van der Waals surface area contributed by atoms with Crippen molar-refractivity contribution < 1.29 is 0 Å². The van der Waals surface area contributed by atoms with Crippen molar-refractivity contribution in [1.29, 1.82) is 0 Å². The molecule has 1 aliphatic rings. The van der Waals surface area contributed by atoms with Gasteiger partial charge in [-0.25, -0.2) is 9.98 Å². The molecule has 0 bridgehead atoms. The highest BCUT2D eigenvalue weighted by Crippen LogP contribution is 2.18. The molecule has 0 amide bonds. The Morgan fingerprint density at radius 1 is 1.24 bits per heavy atom. The molecule has 1 saturated heterocycles. The summed E-state index contributed by atoms with van der Waals surface area (Å²) in [4.78, 5) is 13.1. The first kappa shape index (κ1) is 22.6. The van der Waals surface area contributed by atoms with Gasteiger partial charge in [0.15, 0.2) is 5.96 Å². The first-order chi connectivity index (χ1) is 11.5. The Morgan fingerprint density at radius 3 is 2.44 bits per heavy atom. The van der Waals surface area contributed by atoms with E-state index in [4.69, 9.17) is 4.99 Å². The molecule has 7 heteroatoms. The van der Waals surface area contributed by atoms with E-state index in [0.717, 1.165) is 29.8 Å². The van der Waals surface area contributed by atoms with Crippen molar-refractivity contribution in [2.24, 2.45) is 10.9 Å². The third-order valence-electron chi connectivity index (χ3n) is 4.58. The predicted molar refractivity (Wildman–Crippen MR) is 119 cm³/mol. The normalized spacial score (nSPS) is 16.8. The highest BCUT2D eigenvalue weighted by Gasteiger charge is 2.24. The molecule has 1 fully saturated rings. The third-order valence-corrected chi connectivity index (χ3v) is 5.64. The SMILES string of the molecule is CCNC(=NCc1sc(C)nc1C)NCC(C(C)C)N1CCCC1.I. The second-order valence-corrected chi connectivity index (χ2v) is 8.16. The van der Waals surface area contributed by atoms with E-state index in [1.165, 1.54) is 30.8 Å². The summed E-state index contributed by atoms with van der Waals surface area (Å²) in [7, 11) is 0. The Hall–Kier alpha value is -0.410. The topological polar surface area (TPSA) is 52.6 Å². The molecule has 5 nitrogen and oxygen atoms in total. The van der Waals surface area contributed by atoms with Crippen molar-refractivity contribution in [2.75, 3.05) is 26.2 Å². The molecule has 0 radical (unpaired) electrons. The monoisotopic (exact) mass is 479 g/mol. The van der Waals surface area contributed by atoms with Crippen molar-refractivity contribution in [3.05, 3.63) is 15.6 Å². The molecule has 144 valence electrons. The van der Waals surface area contributed by atoms with Crippen LogP contribution in [0.2, 0.25) is 0 Å². The summed E-state index contributed by atoms with van der Waals surface area (Å²) >= 11 is 1.74. The number of aryl methyl sites for hydroxylation is 2. The van der Waals surface area contributed by atoms with Crippen LogP contribution in [0, 0.1) is 19.8 Å². The lowest BCUT2D eigenvalue weighted by molar-refractivity contribution is 0.192. The Kier molecular flexibility index (Phi) is 10.3. The second kappa shape index (κ2) is 11.3. The number of hydrogen-bond acceptors (Lipinski definition) is 4. The molecule has 2 N–H and O–H groups in total. The predicted octanol–water partition coefficient (Wildman–Crippen LogP) is 3.55. The molecule has 1 aromatic rings. The van der Waals surface area contributed by atoms with Gasteiger partial charge in [-0.1, -0.05) is 13.8 Å². The number of likely N-dealkylation sites (tertiary alicyclic amines) is 1. The Labute approximate surface area is 174 Å². The Bertz CT molecular complexity index is 538. The summed E-state index contributed by atoms with van der Waals surface area (Å²) in [6.45, 7) is 15.9. The van der Waals surface area contributed by atoms with Crippen LogP contribution in [0.5, 0.6) is 0 Å². The van der Waals surface area contributed by atoms with E-state index in [-0.39, 0.29) is 24.0 Å². The molecule has 1 aromatic heterocycles. The quantitative estimate of drug-likeness (QED) is 0.357.